The molecule has 0 aromatic carbocycles. The van der Waals surface area contributed by atoms with Crippen molar-refractivity contribution >= 4 is 30.0 Å². The SMILES string of the molecule is CO[C@@H]1[C@@H](O[C@H]2O[C@@H](C)[C@H](O[C@@H]3C[C@@](C)(O)[C@H](OC(=O)CC(C)C)[C@H](C)O3)[C@H](N(C)C)[C@H]2O)[C@H](CC=O)C[C@H](C)C(=O)/C=C\C[C@@H](O)C[C@H](C)OC(=O)C[C@@H]1OC(C)=O. The largest absolute Gasteiger partial charge is 0.462 e. The molecule has 17 nitrogen and oxygen atoms in total. The molecule has 3 rings (SSSR count). The van der Waals surface area contributed by atoms with Crippen molar-refractivity contribution in [2.24, 2.45) is 17.8 Å². The Labute approximate surface area is 348 Å². The van der Waals surface area contributed by atoms with Gasteiger partial charge in [0, 0.05) is 45.6 Å². The summed E-state index contributed by atoms with van der Waals surface area (Å²) in [6, 6.07) is -0.812. The van der Waals surface area contributed by atoms with Crippen molar-refractivity contribution < 1.29 is 77.2 Å². The normalized spacial score (nSPS) is 40.0. The number of hydrogen-bond acceptors (Lipinski definition) is 17. The zero-order valence-electron chi connectivity index (χ0n) is 36.5. The summed E-state index contributed by atoms with van der Waals surface area (Å²) >= 11 is 0. The van der Waals surface area contributed by atoms with Gasteiger partial charge in [-0.05, 0) is 72.5 Å². The first-order valence-corrected chi connectivity index (χ1v) is 20.7. The third-order valence-electron chi connectivity index (χ3n) is 11.1. The Morgan fingerprint density at radius 3 is 2.25 bits per heavy atom. The van der Waals surface area contributed by atoms with Crippen LogP contribution in [0.1, 0.15) is 100 Å². The second kappa shape index (κ2) is 22.8. The topological polar surface area (TPSA) is 223 Å². The number of rotatable bonds is 12. The molecule has 0 aromatic rings. The third kappa shape index (κ3) is 14.6. The summed E-state index contributed by atoms with van der Waals surface area (Å²) in [6.45, 7) is 13.2. The van der Waals surface area contributed by atoms with E-state index in [1.54, 1.807) is 59.7 Å². The van der Waals surface area contributed by atoms with E-state index in [1.807, 2.05) is 13.8 Å². The number of carbonyl (C=O) groups is 5. The van der Waals surface area contributed by atoms with Crippen LogP contribution in [0, 0.1) is 17.8 Å². The number of esters is 3. The van der Waals surface area contributed by atoms with Gasteiger partial charge in [-0.3, -0.25) is 19.2 Å². The van der Waals surface area contributed by atoms with Crippen molar-refractivity contribution in [2.45, 2.75) is 186 Å². The number of carbonyl (C=O) groups excluding carboxylic acids is 5. The molecule has 0 saturated carbocycles. The standard InChI is InChI=1S/C42H69NO16/c1-22(2)17-32(48)57-40-26(6)54-34(21-42(40,8)51)58-37-25(5)55-41(36(50)35(37)43(9)10)59-38-28(15-16-44)18-23(3)30(47)14-12-13-29(46)19-24(4)53-33(49)20-31(39(38)52-11)56-27(7)45/h12,14,16,22-26,28-29,31,34-41,46,50-51H,13,15,17-21H2,1-11H3/b14-12-/t23-,24-,25-,26-,28+,29+,31-,34+,35+,36+,37-,38-,39-,40+,41+,42+/m0/s1. The molecule has 3 N–H and O–H groups in total. The van der Waals surface area contributed by atoms with E-state index in [1.165, 1.54) is 13.2 Å². The van der Waals surface area contributed by atoms with Gasteiger partial charge >= 0.3 is 17.9 Å². The molecule has 0 bridgehead atoms. The molecule has 3 aliphatic rings. The molecule has 0 radical (unpaired) electrons. The van der Waals surface area contributed by atoms with E-state index in [-0.39, 0.29) is 50.2 Å². The molecule has 0 aliphatic carbocycles. The lowest BCUT2D eigenvalue weighted by Crippen LogP contribution is -2.66. The van der Waals surface area contributed by atoms with Crippen LogP contribution in [-0.2, 0) is 61.9 Å². The summed E-state index contributed by atoms with van der Waals surface area (Å²) in [5.41, 5.74) is -1.52. The number of aliphatic hydroxyl groups excluding tert-OH is 2. The molecule has 3 heterocycles. The predicted molar refractivity (Wildman–Crippen MR) is 210 cm³/mol. The number of cyclic esters (lactones) is 1. The molecule has 2 saturated heterocycles. The molecule has 0 amide bonds. The van der Waals surface area contributed by atoms with Gasteiger partial charge in [-0.1, -0.05) is 26.8 Å². The number of nitrogens with zero attached hydrogens (tertiary/aromatic N) is 1. The van der Waals surface area contributed by atoms with Crippen molar-refractivity contribution in [2.75, 3.05) is 21.2 Å². The van der Waals surface area contributed by atoms with Crippen LogP contribution in [0.15, 0.2) is 12.2 Å². The number of aliphatic hydroxyl groups is 3. The van der Waals surface area contributed by atoms with Crippen molar-refractivity contribution in [3.63, 3.8) is 0 Å². The van der Waals surface area contributed by atoms with E-state index in [0.717, 1.165) is 6.92 Å². The Morgan fingerprint density at radius 2 is 1.68 bits per heavy atom. The summed E-state index contributed by atoms with van der Waals surface area (Å²) in [5.74, 6) is -3.59. The smallest absolute Gasteiger partial charge is 0.309 e. The van der Waals surface area contributed by atoms with Crippen molar-refractivity contribution in [3.8, 4) is 0 Å². The van der Waals surface area contributed by atoms with Crippen LogP contribution in [0.25, 0.3) is 0 Å². The van der Waals surface area contributed by atoms with Gasteiger partial charge in [0.2, 0.25) is 0 Å². The van der Waals surface area contributed by atoms with Crippen LogP contribution in [0.3, 0.4) is 0 Å². The van der Waals surface area contributed by atoms with Crippen molar-refractivity contribution in [3.05, 3.63) is 12.2 Å². The Morgan fingerprint density at radius 1 is 1.00 bits per heavy atom. The molecule has 0 spiro atoms. The Kier molecular flexibility index (Phi) is 19.5. The summed E-state index contributed by atoms with van der Waals surface area (Å²) < 4.78 is 48.3. The molecular weight excluding hydrogens is 774 g/mol. The number of methoxy groups -OCH3 is 1. The lowest BCUT2D eigenvalue weighted by Gasteiger charge is -2.50. The van der Waals surface area contributed by atoms with E-state index in [0.29, 0.717) is 6.29 Å². The van der Waals surface area contributed by atoms with Gasteiger partial charge in [-0.2, -0.15) is 0 Å². The first-order chi connectivity index (χ1) is 27.6. The average molecular weight is 844 g/mol. The first kappa shape index (κ1) is 50.5. The molecule has 0 unspecified atom stereocenters. The quantitative estimate of drug-likeness (QED) is 0.146. The highest BCUT2D eigenvalue weighted by atomic mass is 16.7. The van der Waals surface area contributed by atoms with Crippen LogP contribution in [0.4, 0.5) is 0 Å². The molecule has 0 aromatic heterocycles. The molecule has 2 fully saturated rings. The van der Waals surface area contributed by atoms with Crippen molar-refractivity contribution in [1.29, 1.82) is 0 Å². The Balaban J connectivity index is 1.98. The van der Waals surface area contributed by atoms with Crippen LogP contribution in [-0.4, -0.2) is 157 Å². The van der Waals surface area contributed by atoms with E-state index in [2.05, 4.69) is 0 Å². The van der Waals surface area contributed by atoms with Gasteiger partial charge in [0.25, 0.3) is 0 Å². The molecule has 59 heavy (non-hydrogen) atoms. The Bertz CT molecular complexity index is 1420. The van der Waals surface area contributed by atoms with Crippen LogP contribution >= 0.6 is 0 Å². The van der Waals surface area contributed by atoms with Gasteiger partial charge in [0.1, 0.15) is 42.4 Å². The summed E-state index contributed by atoms with van der Waals surface area (Å²) in [5, 5.41) is 34.0. The number of hydrogen-bond donors (Lipinski definition) is 3. The number of allylic oxidation sites excluding steroid dienone is 1. The number of ketones is 1. The lowest BCUT2D eigenvalue weighted by molar-refractivity contribution is -0.344. The van der Waals surface area contributed by atoms with Gasteiger partial charge in [0.05, 0.1) is 36.9 Å². The minimum Gasteiger partial charge on any atom is -0.462 e. The fraction of sp³-hybridized carbons (Fsp3) is 0.833. The molecular formula is C42H69NO16. The highest BCUT2D eigenvalue weighted by molar-refractivity contribution is 5.91. The minimum atomic E-state index is -1.52. The van der Waals surface area contributed by atoms with E-state index < -0.39 is 121 Å². The van der Waals surface area contributed by atoms with Gasteiger partial charge in [-0.25, -0.2) is 0 Å². The second-order valence-electron chi connectivity index (χ2n) is 17.3. The highest BCUT2D eigenvalue weighted by Gasteiger charge is 2.53. The van der Waals surface area contributed by atoms with E-state index >= 15 is 0 Å². The van der Waals surface area contributed by atoms with Crippen LogP contribution < -0.4 is 0 Å². The highest BCUT2D eigenvalue weighted by Crippen LogP contribution is 2.37. The zero-order valence-corrected chi connectivity index (χ0v) is 36.5. The predicted octanol–water partition coefficient (Wildman–Crippen LogP) is 2.42. The van der Waals surface area contributed by atoms with Crippen LogP contribution in [0.2, 0.25) is 0 Å². The Hall–Kier alpha value is -2.87. The summed E-state index contributed by atoms with van der Waals surface area (Å²) in [6.07, 6.45) is -9.20. The van der Waals surface area contributed by atoms with Gasteiger partial charge in [0.15, 0.2) is 24.5 Å². The van der Waals surface area contributed by atoms with E-state index in [9.17, 15) is 39.3 Å². The minimum absolute atomic E-state index is 0.0627. The van der Waals surface area contributed by atoms with Crippen LogP contribution in [0.5, 0.6) is 0 Å². The van der Waals surface area contributed by atoms with Crippen molar-refractivity contribution in [1.82, 2.24) is 4.90 Å². The second-order valence-corrected chi connectivity index (χ2v) is 17.3. The maximum Gasteiger partial charge on any atom is 0.309 e. The van der Waals surface area contributed by atoms with E-state index in [4.69, 9.17) is 37.9 Å². The number of ether oxygens (including phenoxy) is 8. The maximum atomic E-state index is 13.3. The maximum absolute atomic E-state index is 13.3. The monoisotopic (exact) mass is 843 g/mol. The number of likely N-dealkylation sites (N-methyl/N-ethyl adjacent to an activating group) is 1. The fourth-order valence-electron chi connectivity index (χ4n) is 8.30. The summed E-state index contributed by atoms with van der Waals surface area (Å²) in [7, 11) is 4.78. The zero-order chi connectivity index (χ0) is 44.4. The molecule has 338 valence electrons. The first-order valence-electron chi connectivity index (χ1n) is 20.7. The van der Waals surface area contributed by atoms with Gasteiger partial charge < -0.3 is 62.9 Å². The lowest BCUT2D eigenvalue weighted by atomic mass is 9.83. The third-order valence-corrected chi connectivity index (χ3v) is 11.1. The van der Waals surface area contributed by atoms with Gasteiger partial charge in [-0.15, -0.1) is 0 Å². The molecule has 17 heteroatoms. The fourth-order valence-corrected chi connectivity index (χ4v) is 8.30. The number of aldehydes is 1. The molecule has 3 aliphatic heterocycles. The average Bonchev–Trinajstić information content (AvgIpc) is 3.10. The summed E-state index contributed by atoms with van der Waals surface area (Å²) in [4.78, 5) is 65.6. The molecule has 16 atom stereocenters.